The van der Waals surface area contributed by atoms with Gasteiger partial charge in [0, 0.05) is 18.7 Å². The third-order valence-electron chi connectivity index (χ3n) is 3.67. The van der Waals surface area contributed by atoms with E-state index in [-0.39, 0.29) is 17.8 Å². The Bertz CT molecular complexity index is 877. The quantitative estimate of drug-likeness (QED) is 0.772. The first-order valence-electron chi connectivity index (χ1n) is 7.78. The zero-order chi connectivity index (χ0) is 17.8. The molecule has 1 aromatic carbocycles. The van der Waals surface area contributed by atoms with Gasteiger partial charge in [-0.2, -0.15) is 4.98 Å². The Kier molecular flexibility index (Phi) is 4.83. The molecule has 0 fully saturated rings. The summed E-state index contributed by atoms with van der Waals surface area (Å²) in [6.07, 6.45) is 2.90. The molecule has 3 rings (SSSR count). The fraction of sp³-hybridized carbons (Fsp3) is 0.222. The second kappa shape index (κ2) is 7.21. The van der Waals surface area contributed by atoms with Gasteiger partial charge in [-0.3, -0.25) is 9.78 Å². The van der Waals surface area contributed by atoms with Crippen LogP contribution in [-0.4, -0.2) is 21.0 Å². The molecule has 0 bridgehead atoms. The zero-order valence-electron chi connectivity index (χ0n) is 13.9. The molecule has 25 heavy (non-hydrogen) atoms. The summed E-state index contributed by atoms with van der Waals surface area (Å²) in [5, 5.41) is 6.75. The smallest absolute Gasteiger partial charge is 0.229 e. The Morgan fingerprint density at radius 2 is 2.04 bits per heavy atom. The molecule has 1 atom stereocenters. The van der Waals surface area contributed by atoms with Gasteiger partial charge in [-0.05, 0) is 18.6 Å². The summed E-state index contributed by atoms with van der Waals surface area (Å²) in [6, 6.07) is 8.83. The minimum Gasteiger partial charge on any atom is -0.349 e. The number of nitrogens with zero attached hydrogens (tertiary/aromatic N) is 3. The Morgan fingerprint density at radius 1 is 1.28 bits per heavy atom. The highest BCUT2D eigenvalue weighted by atomic mass is 19.1. The van der Waals surface area contributed by atoms with Crippen LogP contribution in [0.2, 0.25) is 0 Å². The van der Waals surface area contributed by atoms with Crippen molar-refractivity contribution in [2.75, 3.05) is 0 Å². The van der Waals surface area contributed by atoms with Crippen molar-refractivity contribution in [1.29, 1.82) is 0 Å². The van der Waals surface area contributed by atoms with Gasteiger partial charge in [0.05, 0.1) is 18.7 Å². The van der Waals surface area contributed by atoms with E-state index in [0.717, 1.165) is 17.3 Å². The van der Waals surface area contributed by atoms with Gasteiger partial charge in [-0.1, -0.05) is 35.0 Å². The number of hydrogen-bond donors (Lipinski definition) is 1. The standard InChI is InChI=1S/C18H17FN4O2/c1-11-3-5-13(6-4-11)16(21-12(2)24)8-17-22-18(23-25-17)14-7-15(19)10-20-9-14/h3-7,9-10,16H,8H2,1-2H3,(H,21,24). The Labute approximate surface area is 144 Å². The SMILES string of the molecule is CC(=O)NC(Cc1nc(-c2cncc(F)c2)no1)c1ccc(C)cc1. The van der Waals surface area contributed by atoms with Crippen LogP contribution in [0.1, 0.15) is 30.0 Å². The number of halogens is 1. The van der Waals surface area contributed by atoms with Crippen LogP contribution in [0.15, 0.2) is 47.2 Å². The Balaban J connectivity index is 1.82. The van der Waals surface area contributed by atoms with E-state index in [4.69, 9.17) is 4.52 Å². The molecule has 0 saturated carbocycles. The highest BCUT2D eigenvalue weighted by Crippen LogP contribution is 2.21. The molecule has 0 aliphatic carbocycles. The number of pyridine rings is 1. The Morgan fingerprint density at radius 3 is 2.72 bits per heavy atom. The maximum Gasteiger partial charge on any atom is 0.229 e. The van der Waals surface area contributed by atoms with Crippen LogP contribution in [0.3, 0.4) is 0 Å². The molecule has 1 N–H and O–H groups in total. The van der Waals surface area contributed by atoms with Gasteiger partial charge in [0.2, 0.25) is 17.6 Å². The summed E-state index contributed by atoms with van der Waals surface area (Å²) in [4.78, 5) is 19.6. The maximum absolute atomic E-state index is 13.3. The lowest BCUT2D eigenvalue weighted by atomic mass is 10.0. The normalized spacial score (nSPS) is 12.0. The largest absolute Gasteiger partial charge is 0.349 e. The molecule has 6 nitrogen and oxygen atoms in total. The second-order valence-corrected chi connectivity index (χ2v) is 5.77. The van der Waals surface area contributed by atoms with E-state index in [2.05, 4.69) is 20.4 Å². The fourth-order valence-electron chi connectivity index (χ4n) is 2.46. The van der Waals surface area contributed by atoms with Gasteiger partial charge in [-0.25, -0.2) is 4.39 Å². The summed E-state index contributed by atoms with van der Waals surface area (Å²) < 4.78 is 18.5. The third kappa shape index (κ3) is 4.26. The molecule has 128 valence electrons. The number of hydrogen-bond acceptors (Lipinski definition) is 5. The number of aryl methyl sites for hydroxylation is 1. The monoisotopic (exact) mass is 340 g/mol. The van der Waals surface area contributed by atoms with Gasteiger partial charge in [0.1, 0.15) is 5.82 Å². The number of amides is 1. The topological polar surface area (TPSA) is 80.9 Å². The summed E-state index contributed by atoms with van der Waals surface area (Å²) in [5.41, 5.74) is 2.50. The lowest BCUT2D eigenvalue weighted by Gasteiger charge is -2.16. The third-order valence-corrected chi connectivity index (χ3v) is 3.67. The van der Waals surface area contributed by atoms with Gasteiger partial charge in [0.15, 0.2) is 0 Å². The lowest BCUT2D eigenvalue weighted by molar-refractivity contribution is -0.119. The van der Waals surface area contributed by atoms with Crippen LogP contribution in [0.25, 0.3) is 11.4 Å². The van der Waals surface area contributed by atoms with Crippen molar-refractivity contribution in [2.45, 2.75) is 26.3 Å². The van der Waals surface area contributed by atoms with Crippen molar-refractivity contribution in [3.8, 4) is 11.4 Å². The van der Waals surface area contributed by atoms with Crippen molar-refractivity contribution < 1.29 is 13.7 Å². The van der Waals surface area contributed by atoms with Gasteiger partial charge in [0.25, 0.3) is 0 Å². The summed E-state index contributed by atoms with van der Waals surface area (Å²) in [7, 11) is 0. The molecule has 0 saturated heterocycles. The molecule has 2 aromatic heterocycles. The first kappa shape index (κ1) is 16.8. The molecule has 1 amide bonds. The number of benzene rings is 1. The van der Waals surface area contributed by atoms with E-state index in [9.17, 15) is 9.18 Å². The predicted molar refractivity (Wildman–Crippen MR) is 88.9 cm³/mol. The maximum atomic E-state index is 13.3. The predicted octanol–water partition coefficient (Wildman–Crippen LogP) is 3.00. The van der Waals surface area contributed by atoms with E-state index in [1.165, 1.54) is 19.2 Å². The van der Waals surface area contributed by atoms with E-state index >= 15 is 0 Å². The van der Waals surface area contributed by atoms with Crippen LogP contribution >= 0.6 is 0 Å². The minimum absolute atomic E-state index is 0.153. The van der Waals surface area contributed by atoms with E-state index in [1.807, 2.05) is 31.2 Å². The van der Waals surface area contributed by atoms with Crippen molar-refractivity contribution in [2.24, 2.45) is 0 Å². The van der Waals surface area contributed by atoms with Gasteiger partial charge < -0.3 is 9.84 Å². The van der Waals surface area contributed by atoms with Crippen LogP contribution < -0.4 is 5.32 Å². The number of carbonyl (C=O) groups is 1. The number of rotatable bonds is 5. The molecular weight excluding hydrogens is 323 g/mol. The first-order chi connectivity index (χ1) is 12.0. The average Bonchev–Trinajstić information content (AvgIpc) is 3.03. The van der Waals surface area contributed by atoms with E-state index in [0.29, 0.717) is 17.9 Å². The summed E-state index contributed by atoms with van der Waals surface area (Å²) in [6.45, 7) is 3.45. The van der Waals surface area contributed by atoms with Crippen molar-refractivity contribution in [1.82, 2.24) is 20.4 Å². The highest BCUT2D eigenvalue weighted by molar-refractivity contribution is 5.73. The zero-order valence-corrected chi connectivity index (χ0v) is 13.9. The molecule has 7 heteroatoms. The number of aromatic nitrogens is 3. The molecule has 2 heterocycles. The summed E-state index contributed by atoms with van der Waals surface area (Å²) in [5.74, 6) is -0.0228. The molecule has 0 aliphatic rings. The van der Waals surface area contributed by atoms with Crippen LogP contribution in [0, 0.1) is 12.7 Å². The van der Waals surface area contributed by atoms with E-state index in [1.54, 1.807) is 0 Å². The average molecular weight is 340 g/mol. The van der Waals surface area contributed by atoms with Gasteiger partial charge >= 0.3 is 0 Å². The highest BCUT2D eigenvalue weighted by Gasteiger charge is 2.18. The molecule has 0 radical (unpaired) electrons. The molecule has 0 aliphatic heterocycles. The van der Waals surface area contributed by atoms with E-state index < -0.39 is 5.82 Å². The number of carbonyl (C=O) groups excluding carboxylic acids is 1. The molecular formula is C18H17FN4O2. The molecule has 3 aromatic rings. The van der Waals surface area contributed by atoms with Crippen molar-refractivity contribution in [3.05, 3.63) is 65.6 Å². The van der Waals surface area contributed by atoms with Crippen LogP contribution in [0.4, 0.5) is 4.39 Å². The first-order valence-corrected chi connectivity index (χ1v) is 7.78. The minimum atomic E-state index is -0.473. The lowest BCUT2D eigenvalue weighted by Crippen LogP contribution is -2.27. The number of nitrogens with one attached hydrogen (secondary N) is 1. The second-order valence-electron chi connectivity index (χ2n) is 5.77. The van der Waals surface area contributed by atoms with Gasteiger partial charge in [-0.15, -0.1) is 0 Å². The van der Waals surface area contributed by atoms with Crippen LogP contribution in [0.5, 0.6) is 0 Å². The fourth-order valence-corrected chi connectivity index (χ4v) is 2.46. The van der Waals surface area contributed by atoms with Crippen molar-refractivity contribution >= 4 is 5.91 Å². The van der Waals surface area contributed by atoms with Crippen molar-refractivity contribution in [3.63, 3.8) is 0 Å². The molecule has 0 spiro atoms. The molecule has 1 unspecified atom stereocenters. The Hall–Kier alpha value is -3.09. The summed E-state index contributed by atoms with van der Waals surface area (Å²) >= 11 is 0. The van der Waals surface area contributed by atoms with Crippen LogP contribution in [-0.2, 0) is 11.2 Å².